The van der Waals surface area contributed by atoms with Gasteiger partial charge in [-0.3, -0.25) is 9.36 Å². The molecule has 2 aromatic heterocycles. The molecule has 0 radical (unpaired) electrons. The predicted molar refractivity (Wildman–Crippen MR) is 106 cm³/mol. The molecule has 0 fully saturated rings. The maximum atomic E-state index is 12.8. The van der Waals surface area contributed by atoms with Gasteiger partial charge in [-0.15, -0.1) is 0 Å². The summed E-state index contributed by atoms with van der Waals surface area (Å²) in [4.78, 5) is 18.4. The average Bonchev–Trinajstić information content (AvgIpc) is 3.15. The Balaban J connectivity index is 1.76. The Morgan fingerprint density at radius 1 is 1.21 bits per heavy atom. The van der Waals surface area contributed by atoms with Crippen molar-refractivity contribution in [3.8, 4) is 5.82 Å². The van der Waals surface area contributed by atoms with Crippen molar-refractivity contribution in [2.75, 3.05) is 19.0 Å². The second-order valence-corrected chi connectivity index (χ2v) is 6.94. The van der Waals surface area contributed by atoms with Gasteiger partial charge in [-0.1, -0.05) is 23.7 Å². The fraction of sp³-hybridized carbons (Fsp3) is 0.200. The minimum atomic E-state index is -4.55. The fourth-order valence-corrected chi connectivity index (χ4v) is 2.96. The van der Waals surface area contributed by atoms with Crippen LogP contribution in [0.2, 0.25) is 5.02 Å². The van der Waals surface area contributed by atoms with E-state index in [2.05, 4.69) is 10.3 Å². The molecule has 0 unspecified atom stereocenters. The van der Waals surface area contributed by atoms with E-state index in [1.54, 1.807) is 12.1 Å². The van der Waals surface area contributed by atoms with E-state index in [4.69, 9.17) is 11.6 Å². The zero-order valence-corrected chi connectivity index (χ0v) is 16.4. The third-order valence-corrected chi connectivity index (χ3v) is 4.54. The number of anilines is 1. The lowest BCUT2D eigenvalue weighted by Crippen LogP contribution is -2.25. The highest BCUT2D eigenvalue weighted by Crippen LogP contribution is 2.32. The third-order valence-electron chi connectivity index (χ3n) is 4.26. The maximum Gasteiger partial charge on any atom is 0.417 e. The molecule has 0 bridgehead atoms. The molecule has 0 saturated carbocycles. The first kappa shape index (κ1) is 20.7. The van der Waals surface area contributed by atoms with Crippen molar-refractivity contribution in [1.29, 1.82) is 0 Å². The summed E-state index contributed by atoms with van der Waals surface area (Å²) in [6.07, 6.45) is -2.34. The SMILES string of the molecule is CN(C)c1ccc(CNC(=O)c2cccn2-c2ncc(C(F)(F)F)cc2Cl)cc1. The highest BCUT2D eigenvalue weighted by molar-refractivity contribution is 6.32. The number of nitrogens with zero attached hydrogens (tertiary/aromatic N) is 3. The van der Waals surface area contributed by atoms with E-state index in [1.807, 2.05) is 43.3 Å². The first-order chi connectivity index (χ1) is 13.7. The van der Waals surface area contributed by atoms with Gasteiger partial charge < -0.3 is 10.2 Å². The van der Waals surface area contributed by atoms with Crippen LogP contribution in [0.3, 0.4) is 0 Å². The molecule has 0 aliphatic carbocycles. The van der Waals surface area contributed by atoms with Crippen molar-refractivity contribution >= 4 is 23.2 Å². The van der Waals surface area contributed by atoms with Gasteiger partial charge in [0.15, 0.2) is 5.82 Å². The molecule has 9 heteroatoms. The number of rotatable bonds is 5. The Morgan fingerprint density at radius 3 is 2.48 bits per heavy atom. The highest BCUT2D eigenvalue weighted by Gasteiger charge is 2.32. The molecule has 1 aromatic carbocycles. The Labute approximate surface area is 170 Å². The molecule has 3 aromatic rings. The molecular formula is C20H18ClF3N4O. The first-order valence-corrected chi connectivity index (χ1v) is 8.99. The van der Waals surface area contributed by atoms with Crippen LogP contribution in [-0.2, 0) is 12.7 Å². The van der Waals surface area contributed by atoms with Crippen LogP contribution in [0.5, 0.6) is 0 Å². The van der Waals surface area contributed by atoms with E-state index in [0.717, 1.165) is 17.3 Å². The molecular weight excluding hydrogens is 405 g/mol. The molecule has 0 aliphatic rings. The summed E-state index contributed by atoms with van der Waals surface area (Å²) in [5.41, 5.74) is 1.21. The number of halogens is 4. The lowest BCUT2D eigenvalue weighted by atomic mass is 10.2. The second kappa shape index (κ2) is 8.16. The first-order valence-electron chi connectivity index (χ1n) is 8.62. The molecule has 1 N–H and O–H groups in total. The summed E-state index contributed by atoms with van der Waals surface area (Å²) < 4.78 is 39.8. The van der Waals surface area contributed by atoms with E-state index in [0.29, 0.717) is 12.7 Å². The van der Waals surface area contributed by atoms with Crippen LogP contribution in [0.15, 0.2) is 54.9 Å². The van der Waals surface area contributed by atoms with E-state index in [1.165, 1.54) is 10.8 Å². The van der Waals surface area contributed by atoms with E-state index >= 15 is 0 Å². The molecule has 0 saturated heterocycles. The van der Waals surface area contributed by atoms with Crippen LogP contribution in [0.1, 0.15) is 21.6 Å². The monoisotopic (exact) mass is 422 g/mol. The van der Waals surface area contributed by atoms with Gasteiger partial charge >= 0.3 is 6.18 Å². The topological polar surface area (TPSA) is 50.2 Å². The molecule has 5 nitrogen and oxygen atoms in total. The average molecular weight is 423 g/mol. The van der Waals surface area contributed by atoms with Crippen LogP contribution in [0.25, 0.3) is 5.82 Å². The number of aromatic nitrogens is 2. The number of nitrogens with one attached hydrogen (secondary N) is 1. The third kappa shape index (κ3) is 4.71. The van der Waals surface area contributed by atoms with Crippen LogP contribution < -0.4 is 10.2 Å². The molecule has 0 spiro atoms. The number of carbonyl (C=O) groups excluding carboxylic acids is 1. The Hall–Kier alpha value is -3.00. The van der Waals surface area contributed by atoms with Crippen molar-refractivity contribution < 1.29 is 18.0 Å². The van der Waals surface area contributed by atoms with Gasteiger partial charge in [-0.25, -0.2) is 4.98 Å². The number of pyridine rings is 1. The Bertz CT molecular complexity index is 1010. The Kier molecular flexibility index (Phi) is 5.83. The van der Waals surface area contributed by atoms with Crippen molar-refractivity contribution in [1.82, 2.24) is 14.9 Å². The van der Waals surface area contributed by atoms with Gasteiger partial charge in [0.1, 0.15) is 5.69 Å². The van der Waals surface area contributed by atoms with Crippen molar-refractivity contribution in [2.45, 2.75) is 12.7 Å². The summed E-state index contributed by atoms with van der Waals surface area (Å²) in [6.45, 7) is 0.298. The zero-order chi connectivity index (χ0) is 21.2. The summed E-state index contributed by atoms with van der Waals surface area (Å²) in [7, 11) is 3.87. The summed E-state index contributed by atoms with van der Waals surface area (Å²) in [6, 6.07) is 11.6. The van der Waals surface area contributed by atoms with E-state index in [9.17, 15) is 18.0 Å². The smallest absolute Gasteiger partial charge is 0.378 e. The number of carbonyl (C=O) groups is 1. The molecule has 2 heterocycles. The summed E-state index contributed by atoms with van der Waals surface area (Å²) >= 11 is 6.00. The minimum Gasteiger partial charge on any atom is -0.378 e. The van der Waals surface area contributed by atoms with Gasteiger partial charge in [0.2, 0.25) is 0 Å². The van der Waals surface area contributed by atoms with Gasteiger partial charge in [0.25, 0.3) is 5.91 Å². The van der Waals surface area contributed by atoms with Crippen molar-refractivity contribution in [3.63, 3.8) is 0 Å². The van der Waals surface area contributed by atoms with Crippen molar-refractivity contribution in [2.24, 2.45) is 0 Å². The largest absolute Gasteiger partial charge is 0.417 e. The van der Waals surface area contributed by atoms with Crippen LogP contribution in [0, 0.1) is 0 Å². The predicted octanol–water partition coefficient (Wildman–Crippen LogP) is 4.54. The van der Waals surface area contributed by atoms with Crippen LogP contribution >= 0.6 is 11.6 Å². The highest BCUT2D eigenvalue weighted by atomic mass is 35.5. The number of benzene rings is 1. The lowest BCUT2D eigenvalue weighted by molar-refractivity contribution is -0.137. The minimum absolute atomic E-state index is 0.0464. The lowest BCUT2D eigenvalue weighted by Gasteiger charge is -2.14. The second-order valence-electron chi connectivity index (χ2n) is 6.53. The molecule has 0 aliphatic heterocycles. The molecule has 152 valence electrons. The molecule has 29 heavy (non-hydrogen) atoms. The zero-order valence-electron chi connectivity index (χ0n) is 15.7. The standard InChI is InChI=1S/C20H18ClF3N4O/c1-27(2)15-7-5-13(6-8-15)11-26-19(29)17-4-3-9-28(17)18-16(21)10-14(12-25-18)20(22,23)24/h3-10,12H,11H2,1-2H3,(H,26,29). The number of hydrogen-bond donors (Lipinski definition) is 1. The Morgan fingerprint density at radius 2 is 1.90 bits per heavy atom. The fourth-order valence-electron chi connectivity index (χ4n) is 2.70. The normalized spacial score (nSPS) is 11.4. The van der Waals surface area contributed by atoms with Gasteiger partial charge in [-0.05, 0) is 35.9 Å². The van der Waals surface area contributed by atoms with Crippen molar-refractivity contribution in [3.05, 3.63) is 76.7 Å². The molecule has 3 rings (SSSR count). The maximum absolute atomic E-state index is 12.8. The molecule has 0 atom stereocenters. The van der Waals surface area contributed by atoms with Crippen LogP contribution in [0.4, 0.5) is 18.9 Å². The van der Waals surface area contributed by atoms with Gasteiger partial charge in [-0.2, -0.15) is 13.2 Å². The molecule has 1 amide bonds. The van der Waals surface area contributed by atoms with Crippen LogP contribution in [-0.4, -0.2) is 29.6 Å². The number of hydrogen-bond acceptors (Lipinski definition) is 3. The quantitative estimate of drug-likeness (QED) is 0.656. The number of amides is 1. The summed E-state index contributed by atoms with van der Waals surface area (Å²) in [5, 5.41) is 2.59. The van der Waals surface area contributed by atoms with E-state index in [-0.39, 0.29) is 16.5 Å². The van der Waals surface area contributed by atoms with Gasteiger partial charge in [0, 0.05) is 38.7 Å². The van der Waals surface area contributed by atoms with Gasteiger partial charge in [0.05, 0.1) is 10.6 Å². The number of alkyl halides is 3. The van der Waals surface area contributed by atoms with E-state index < -0.39 is 17.6 Å². The summed E-state index contributed by atoms with van der Waals surface area (Å²) in [5.74, 6) is -0.352.